The molecule has 1 aromatic carbocycles. The number of ether oxygens (including phenoxy) is 1. The molecule has 1 N–H and O–H groups in total. The van der Waals surface area contributed by atoms with Crippen molar-refractivity contribution in [2.45, 2.75) is 58.3 Å². The molecule has 3 heteroatoms. The van der Waals surface area contributed by atoms with Gasteiger partial charge < -0.3 is 14.6 Å². The maximum atomic E-state index is 5.77. The number of aromatic nitrogens is 1. The van der Waals surface area contributed by atoms with Gasteiger partial charge in [0.15, 0.2) is 0 Å². The summed E-state index contributed by atoms with van der Waals surface area (Å²) < 4.78 is 8.24. The van der Waals surface area contributed by atoms with Gasteiger partial charge in [-0.3, -0.25) is 0 Å². The predicted molar refractivity (Wildman–Crippen MR) is 87.5 cm³/mol. The number of fused-ring (bicyclic) bond motifs is 1. The van der Waals surface area contributed by atoms with Crippen LogP contribution in [0.2, 0.25) is 0 Å². The molecule has 3 nitrogen and oxygen atoms in total. The van der Waals surface area contributed by atoms with E-state index in [4.69, 9.17) is 4.74 Å². The molecule has 0 aliphatic carbocycles. The molecule has 114 valence electrons. The normalized spacial score (nSPS) is 18.9. The number of nitrogens with one attached hydrogen (secondary N) is 1. The molecule has 0 amide bonds. The zero-order valence-electron chi connectivity index (χ0n) is 13.1. The highest BCUT2D eigenvalue weighted by atomic mass is 16.5. The predicted octanol–water partition coefficient (Wildman–Crippen LogP) is 3.71. The lowest BCUT2D eigenvalue weighted by molar-refractivity contribution is 0.100. The number of benzene rings is 1. The van der Waals surface area contributed by atoms with Crippen LogP contribution in [0.25, 0.3) is 10.9 Å². The summed E-state index contributed by atoms with van der Waals surface area (Å²) in [5.74, 6) is 0. The van der Waals surface area contributed by atoms with Crippen molar-refractivity contribution in [3.63, 3.8) is 0 Å². The third kappa shape index (κ3) is 3.47. The molecule has 0 radical (unpaired) electrons. The highest BCUT2D eigenvalue weighted by molar-refractivity contribution is 5.81. The molecule has 2 heterocycles. The molecular weight excluding hydrogens is 260 g/mol. The van der Waals surface area contributed by atoms with E-state index in [0.717, 1.165) is 26.1 Å². The van der Waals surface area contributed by atoms with Crippen molar-refractivity contribution in [3.8, 4) is 0 Å². The molecular formula is C18H26N2O. The van der Waals surface area contributed by atoms with Crippen LogP contribution in [0.5, 0.6) is 0 Å². The summed E-state index contributed by atoms with van der Waals surface area (Å²) in [4.78, 5) is 0. The van der Waals surface area contributed by atoms with Crippen LogP contribution in [0.4, 0.5) is 0 Å². The van der Waals surface area contributed by atoms with E-state index in [2.05, 4.69) is 54.1 Å². The lowest BCUT2D eigenvalue weighted by Crippen LogP contribution is -2.24. The molecule has 0 bridgehead atoms. The van der Waals surface area contributed by atoms with Crippen molar-refractivity contribution in [3.05, 3.63) is 36.0 Å². The Balaban J connectivity index is 1.80. The third-order valence-electron chi connectivity index (χ3n) is 4.29. The van der Waals surface area contributed by atoms with Crippen LogP contribution in [0, 0.1) is 0 Å². The highest BCUT2D eigenvalue weighted by Crippen LogP contribution is 2.23. The van der Waals surface area contributed by atoms with Crippen LogP contribution in [0.3, 0.4) is 0 Å². The van der Waals surface area contributed by atoms with E-state index in [9.17, 15) is 0 Å². The lowest BCUT2D eigenvalue weighted by atomic mass is 10.2. The van der Waals surface area contributed by atoms with Crippen LogP contribution < -0.4 is 5.32 Å². The van der Waals surface area contributed by atoms with E-state index < -0.39 is 0 Å². The van der Waals surface area contributed by atoms with E-state index in [0.29, 0.717) is 12.1 Å². The molecule has 2 aromatic rings. The zero-order chi connectivity index (χ0) is 14.7. The van der Waals surface area contributed by atoms with Gasteiger partial charge in [-0.2, -0.15) is 0 Å². The van der Waals surface area contributed by atoms with Crippen LogP contribution in [0.15, 0.2) is 30.3 Å². The van der Waals surface area contributed by atoms with Gasteiger partial charge in [0.25, 0.3) is 0 Å². The fourth-order valence-corrected chi connectivity index (χ4v) is 3.13. The van der Waals surface area contributed by atoms with Gasteiger partial charge >= 0.3 is 0 Å². The number of rotatable bonds is 6. The standard InChI is InChI=1S/C18H26N2O/c1-14(2)19-13-16-12-15-6-3-4-8-18(15)20(16)10-9-17-7-5-11-21-17/h3-4,6,8,12,14,17,19H,5,7,9-11,13H2,1-2H3. The van der Waals surface area contributed by atoms with Gasteiger partial charge in [0, 0.05) is 36.9 Å². The number of para-hydroxylation sites is 1. The molecule has 0 spiro atoms. The van der Waals surface area contributed by atoms with Crippen molar-refractivity contribution >= 4 is 10.9 Å². The van der Waals surface area contributed by atoms with E-state index in [1.807, 2.05) is 0 Å². The molecule has 3 rings (SSSR count). The minimum Gasteiger partial charge on any atom is -0.378 e. The first kappa shape index (κ1) is 14.6. The summed E-state index contributed by atoms with van der Waals surface area (Å²) in [5.41, 5.74) is 2.72. The zero-order valence-corrected chi connectivity index (χ0v) is 13.1. The summed E-state index contributed by atoms with van der Waals surface area (Å²) >= 11 is 0. The Morgan fingerprint density at radius 1 is 1.33 bits per heavy atom. The minimum absolute atomic E-state index is 0.456. The van der Waals surface area contributed by atoms with Gasteiger partial charge in [-0.15, -0.1) is 0 Å². The van der Waals surface area contributed by atoms with Crippen LogP contribution >= 0.6 is 0 Å². The van der Waals surface area contributed by atoms with Crippen LogP contribution in [-0.4, -0.2) is 23.3 Å². The second-order valence-electron chi connectivity index (χ2n) is 6.31. The second kappa shape index (κ2) is 6.63. The van der Waals surface area contributed by atoms with Gasteiger partial charge in [-0.05, 0) is 36.8 Å². The smallest absolute Gasteiger partial charge is 0.0593 e. The van der Waals surface area contributed by atoms with Gasteiger partial charge in [0.1, 0.15) is 0 Å². The molecule has 1 aliphatic heterocycles. The van der Waals surface area contributed by atoms with E-state index in [-0.39, 0.29) is 0 Å². The van der Waals surface area contributed by atoms with Crippen molar-refractivity contribution in [1.29, 1.82) is 0 Å². The molecule has 1 aliphatic rings. The molecule has 1 aromatic heterocycles. The summed E-state index contributed by atoms with van der Waals surface area (Å²) in [7, 11) is 0. The fraction of sp³-hybridized carbons (Fsp3) is 0.556. The summed E-state index contributed by atoms with van der Waals surface area (Å²) in [6.07, 6.45) is 4.02. The molecule has 1 unspecified atom stereocenters. The number of hydrogen-bond acceptors (Lipinski definition) is 2. The monoisotopic (exact) mass is 286 g/mol. The summed E-state index contributed by atoms with van der Waals surface area (Å²) in [6, 6.07) is 11.5. The summed E-state index contributed by atoms with van der Waals surface area (Å²) in [5, 5.41) is 4.88. The maximum absolute atomic E-state index is 5.77. The van der Waals surface area contributed by atoms with Gasteiger partial charge in [0.05, 0.1) is 6.10 Å². The Morgan fingerprint density at radius 2 is 2.19 bits per heavy atom. The van der Waals surface area contributed by atoms with E-state index in [1.54, 1.807) is 0 Å². The Hall–Kier alpha value is -1.32. The van der Waals surface area contributed by atoms with E-state index >= 15 is 0 Å². The van der Waals surface area contributed by atoms with Gasteiger partial charge in [-0.1, -0.05) is 32.0 Å². The highest BCUT2D eigenvalue weighted by Gasteiger charge is 2.16. The SMILES string of the molecule is CC(C)NCc1cc2ccccc2n1CCC1CCCO1. The molecule has 0 saturated carbocycles. The second-order valence-corrected chi connectivity index (χ2v) is 6.31. The topological polar surface area (TPSA) is 26.2 Å². The maximum Gasteiger partial charge on any atom is 0.0593 e. The lowest BCUT2D eigenvalue weighted by Gasteiger charge is -2.15. The van der Waals surface area contributed by atoms with Crippen molar-refractivity contribution < 1.29 is 4.74 Å². The third-order valence-corrected chi connectivity index (χ3v) is 4.29. The van der Waals surface area contributed by atoms with Gasteiger partial charge in [0.2, 0.25) is 0 Å². The summed E-state index contributed by atoms with van der Waals surface area (Å²) in [6.45, 7) is 7.31. The molecule has 21 heavy (non-hydrogen) atoms. The Kier molecular flexibility index (Phi) is 4.61. The molecule has 1 atom stereocenters. The molecule has 1 fully saturated rings. The molecule has 1 saturated heterocycles. The average Bonchev–Trinajstić information content (AvgIpc) is 3.10. The quantitative estimate of drug-likeness (QED) is 0.876. The number of hydrogen-bond donors (Lipinski definition) is 1. The Labute approximate surface area is 127 Å². The van der Waals surface area contributed by atoms with Crippen molar-refractivity contribution in [2.24, 2.45) is 0 Å². The number of aryl methyl sites for hydroxylation is 1. The van der Waals surface area contributed by atoms with Crippen molar-refractivity contribution in [1.82, 2.24) is 9.88 Å². The Morgan fingerprint density at radius 3 is 2.95 bits per heavy atom. The number of nitrogens with zero attached hydrogens (tertiary/aromatic N) is 1. The Bertz CT molecular complexity index is 582. The van der Waals surface area contributed by atoms with E-state index in [1.165, 1.54) is 29.4 Å². The van der Waals surface area contributed by atoms with Crippen LogP contribution in [0.1, 0.15) is 38.8 Å². The fourth-order valence-electron chi connectivity index (χ4n) is 3.13. The van der Waals surface area contributed by atoms with Crippen molar-refractivity contribution in [2.75, 3.05) is 6.61 Å². The first-order valence-corrected chi connectivity index (χ1v) is 8.16. The largest absolute Gasteiger partial charge is 0.378 e. The first-order chi connectivity index (χ1) is 10.2. The first-order valence-electron chi connectivity index (χ1n) is 8.16. The average molecular weight is 286 g/mol. The van der Waals surface area contributed by atoms with Gasteiger partial charge in [-0.25, -0.2) is 0 Å². The minimum atomic E-state index is 0.456. The van der Waals surface area contributed by atoms with Crippen LogP contribution in [-0.2, 0) is 17.8 Å².